The van der Waals surface area contributed by atoms with Crippen molar-refractivity contribution in [2.75, 3.05) is 6.54 Å². The molecule has 0 aromatic heterocycles. The summed E-state index contributed by atoms with van der Waals surface area (Å²) in [4.78, 5) is 81.6. The predicted octanol–water partition coefficient (Wildman–Crippen LogP) is 4.89. The lowest BCUT2D eigenvalue weighted by Gasteiger charge is -2.25. The Kier molecular flexibility index (Phi) is 14.8. The molecular weight excluding hydrogens is 684 g/mol. The first-order valence-corrected chi connectivity index (χ1v) is 17.4. The van der Waals surface area contributed by atoms with E-state index in [4.69, 9.17) is 19.0 Å². The molecule has 1 fully saturated rings. The van der Waals surface area contributed by atoms with Gasteiger partial charge in [-0.3, -0.25) is 14.4 Å². The van der Waals surface area contributed by atoms with Gasteiger partial charge < -0.3 is 35.0 Å². The van der Waals surface area contributed by atoms with Gasteiger partial charge in [0.15, 0.2) is 0 Å². The SMILES string of the molecule is CC(C)(C)OC(=O)NC(Cc1ccc(OCc2ccccc2)cc1)C(=O)NC(CCCCNC(=O)OCc1ccccc1)C(=O)ON1C(=O)CCC1=O. The number of amides is 5. The molecule has 2 atom stereocenters. The lowest BCUT2D eigenvalue weighted by Crippen LogP contribution is -2.54. The van der Waals surface area contributed by atoms with E-state index in [0.29, 0.717) is 35.8 Å². The zero-order valence-corrected chi connectivity index (χ0v) is 30.1. The molecule has 0 aliphatic carbocycles. The number of rotatable bonds is 17. The fourth-order valence-corrected chi connectivity index (χ4v) is 5.13. The smallest absolute Gasteiger partial charge is 0.408 e. The van der Waals surface area contributed by atoms with E-state index in [9.17, 15) is 28.8 Å². The van der Waals surface area contributed by atoms with E-state index >= 15 is 0 Å². The highest BCUT2D eigenvalue weighted by molar-refractivity contribution is 6.02. The highest BCUT2D eigenvalue weighted by Crippen LogP contribution is 2.18. The fraction of sp³-hybridized carbons (Fsp3) is 0.385. The van der Waals surface area contributed by atoms with Gasteiger partial charge in [0, 0.05) is 25.8 Å². The van der Waals surface area contributed by atoms with Gasteiger partial charge in [-0.05, 0) is 68.9 Å². The lowest BCUT2D eigenvalue weighted by molar-refractivity contribution is -0.199. The molecule has 282 valence electrons. The Hall–Kier alpha value is -5.92. The van der Waals surface area contributed by atoms with Crippen LogP contribution >= 0.6 is 0 Å². The number of imide groups is 1. The standard InChI is InChI=1S/C39H46N4O10/c1-39(2,3)52-38(49)42-32(24-27-17-19-30(20-18-27)50-25-28-12-6-4-7-13-28)35(46)41-31(36(47)53-43-33(44)21-22-34(43)45)16-10-11-23-40-37(48)51-26-29-14-8-5-9-15-29/h4-9,12-15,17-20,31-32H,10-11,16,21-26H2,1-3H3,(H,40,48)(H,41,46)(H,42,49). The molecule has 14 nitrogen and oxygen atoms in total. The van der Waals surface area contributed by atoms with Gasteiger partial charge in [-0.15, -0.1) is 5.06 Å². The van der Waals surface area contributed by atoms with Crippen LogP contribution < -0.4 is 20.7 Å². The van der Waals surface area contributed by atoms with Crippen molar-refractivity contribution in [1.82, 2.24) is 21.0 Å². The van der Waals surface area contributed by atoms with Crippen LogP contribution in [0.5, 0.6) is 5.75 Å². The van der Waals surface area contributed by atoms with Crippen molar-refractivity contribution < 1.29 is 47.8 Å². The van der Waals surface area contributed by atoms with Crippen LogP contribution in [0.1, 0.15) is 69.6 Å². The molecule has 4 rings (SSSR count). The average Bonchev–Trinajstić information content (AvgIpc) is 3.44. The summed E-state index contributed by atoms with van der Waals surface area (Å²) in [6.07, 6.45) is -0.928. The first kappa shape index (κ1) is 39.9. The first-order chi connectivity index (χ1) is 25.4. The molecule has 0 bridgehead atoms. The molecule has 3 aromatic carbocycles. The number of nitrogens with zero attached hydrogens (tertiary/aromatic N) is 1. The maximum absolute atomic E-state index is 13.8. The number of carbonyl (C=O) groups is 6. The summed E-state index contributed by atoms with van der Waals surface area (Å²) in [6.45, 7) is 5.72. The maximum Gasteiger partial charge on any atom is 0.408 e. The Morgan fingerprint density at radius 1 is 0.717 bits per heavy atom. The number of hydrogen-bond acceptors (Lipinski definition) is 10. The molecule has 2 unspecified atom stereocenters. The second-order valence-corrected chi connectivity index (χ2v) is 13.4. The van der Waals surface area contributed by atoms with Crippen LogP contribution in [-0.2, 0) is 53.1 Å². The number of benzene rings is 3. The van der Waals surface area contributed by atoms with Crippen LogP contribution in [0.2, 0.25) is 0 Å². The summed E-state index contributed by atoms with van der Waals surface area (Å²) in [5.74, 6) is -2.51. The molecule has 1 heterocycles. The first-order valence-electron chi connectivity index (χ1n) is 17.4. The third kappa shape index (κ3) is 14.0. The van der Waals surface area contributed by atoms with E-state index in [2.05, 4.69) is 16.0 Å². The van der Waals surface area contributed by atoms with E-state index in [-0.39, 0.29) is 38.8 Å². The molecule has 53 heavy (non-hydrogen) atoms. The largest absolute Gasteiger partial charge is 0.489 e. The number of ether oxygens (including phenoxy) is 3. The summed E-state index contributed by atoms with van der Waals surface area (Å²) in [6, 6.07) is 23.3. The monoisotopic (exact) mass is 730 g/mol. The minimum absolute atomic E-state index is 0.0178. The number of alkyl carbamates (subject to hydrolysis) is 2. The molecule has 1 aliphatic rings. The Morgan fingerprint density at radius 3 is 1.92 bits per heavy atom. The quantitative estimate of drug-likeness (QED) is 0.128. The minimum Gasteiger partial charge on any atom is -0.489 e. The van der Waals surface area contributed by atoms with Crippen LogP contribution in [0.4, 0.5) is 9.59 Å². The molecule has 0 radical (unpaired) electrons. The van der Waals surface area contributed by atoms with E-state index in [0.717, 1.165) is 11.1 Å². The number of nitrogens with one attached hydrogen (secondary N) is 3. The zero-order valence-electron chi connectivity index (χ0n) is 30.1. The van der Waals surface area contributed by atoms with Crippen molar-refractivity contribution in [3.05, 3.63) is 102 Å². The molecule has 3 aromatic rings. The van der Waals surface area contributed by atoms with E-state index in [1.165, 1.54) is 0 Å². The number of hydrogen-bond donors (Lipinski definition) is 3. The van der Waals surface area contributed by atoms with Crippen LogP contribution in [0.25, 0.3) is 0 Å². The van der Waals surface area contributed by atoms with Crippen molar-refractivity contribution in [3.63, 3.8) is 0 Å². The van der Waals surface area contributed by atoms with E-state index in [1.54, 1.807) is 45.0 Å². The Bertz CT molecular complexity index is 1680. The topological polar surface area (TPSA) is 179 Å². The summed E-state index contributed by atoms with van der Waals surface area (Å²) in [7, 11) is 0. The summed E-state index contributed by atoms with van der Waals surface area (Å²) in [5.41, 5.74) is 1.65. The predicted molar refractivity (Wildman–Crippen MR) is 192 cm³/mol. The van der Waals surface area contributed by atoms with Gasteiger partial charge in [0.25, 0.3) is 11.8 Å². The average molecular weight is 731 g/mol. The number of unbranched alkanes of at least 4 members (excludes halogenated alkanes) is 1. The van der Waals surface area contributed by atoms with Crippen molar-refractivity contribution in [3.8, 4) is 5.75 Å². The van der Waals surface area contributed by atoms with E-state index < -0.39 is 53.6 Å². The molecule has 0 spiro atoms. The van der Waals surface area contributed by atoms with Crippen molar-refractivity contribution in [2.45, 2.75) is 90.2 Å². The van der Waals surface area contributed by atoms with Crippen molar-refractivity contribution >= 4 is 35.9 Å². The number of hydroxylamine groups is 2. The minimum atomic E-state index is -1.31. The van der Waals surface area contributed by atoms with Gasteiger partial charge in [-0.25, -0.2) is 14.4 Å². The van der Waals surface area contributed by atoms with Crippen LogP contribution in [0, 0.1) is 0 Å². The third-order valence-electron chi connectivity index (χ3n) is 7.81. The normalized spacial score (nSPS) is 13.8. The summed E-state index contributed by atoms with van der Waals surface area (Å²) in [5, 5.41) is 8.26. The van der Waals surface area contributed by atoms with Gasteiger partial charge in [0.05, 0.1) is 0 Å². The van der Waals surface area contributed by atoms with Gasteiger partial charge in [0.1, 0.15) is 36.6 Å². The second-order valence-electron chi connectivity index (χ2n) is 13.4. The maximum atomic E-state index is 13.8. The number of carbonyl (C=O) groups excluding carboxylic acids is 6. The second kappa shape index (κ2) is 19.6. The Balaban J connectivity index is 1.40. The van der Waals surface area contributed by atoms with Crippen molar-refractivity contribution in [2.24, 2.45) is 0 Å². The highest BCUT2D eigenvalue weighted by Gasteiger charge is 2.36. The molecule has 1 aliphatic heterocycles. The third-order valence-corrected chi connectivity index (χ3v) is 7.81. The Labute approximate surface area is 308 Å². The Morgan fingerprint density at radius 2 is 1.32 bits per heavy atom. The fourth-order valence-electron chi connectivity index (χ4n) is 5.13. The van der Waals surface area contributed by atoms with E-state index in [1.807, 2.05) is 60.7 Å². The molecule has 5 amide bonds. The highest BCUT2D eigenvalue weighted by atomic mass is 16.7. The molecule has 0 saturated carbocycles. The zero-order chi connectivity index (χ0) is 38.2. The summed E-state index contributed by atoms with van der Waals surface area (Å²) < 4.78 is 16.5. The van der Waals surface area contributed by atoms with Gasteiger partial charge in [-0.2, -0.15) is 0 Å². The van der Waals surface area contributed by atoms with Crippen LogP contribution in [0.15, 0.2) is 84.9 Å². The van der Waals surface area contributed by atoms with Crippen LogP contribution in [0.3, 0.4) is 0 Å². The van der Waals surface area contributed by atoms with Gasteiger partial charge in [-0.1, -0.05) is 72.8 Å². The van der Waals surface area contributed by atoms with Gasteiger partial charge in [0.2, 0.25) is 5.91 Å². The molecule has 3 N–H and O–H groups in total. The molecular formula is C39H46N4O10. The summed E-state index contributed by atoms with van der Waals surface area (Å²) >= 11 is 0. The van der Waals surface area contributed by atoms with Gasteiger partial charge >= 0.3 is 18.2 Å². The molecule has 14 heteroatoms. The van der Waals surface area contributed by atoms with Crippen LogP contribution in [-0.4, -0.2) is 65.2 Å². The van der Waals surface area contributed by atoms with Crippen molar-refractivity contribution in [1.29, 1.82) is 0 Å². The lowest BCUT2D eigenvalue weighted by atomic mass is 10.0. The molecule has 1 saturated heterocycles.